The first-order valence-corrected chi connectivity index (χ1v) is 6.72. The summed E-state index contributed by atoms with van der Waals surface area (Å²) in [4.78, 5) is 23.2. The van der Waals surface area contributed by atoms with Crippen LogP contribution in [0.1, 0.15) is 19.4 Å². The second kappa shape index (κ2) is 7.64. The summed E-state index contributed by atoms with van der Waals surface area (Å²) in [5, 5.41) is 14.0. The molecule has 3 N–H and O–H groups in total. The number of methoxy groups -OCH3 is 1. The van der Waals surface area contributed by atoms with Gasteiger partial charge in [0.15, 0.2) is 0 Å². The molecular weight excluding hydrogens is 272 g/mol. The summed E-state index contributed by atoms with van der Waals surface area (Å²) in [7, 11) is 1.60. The number of aliphatic hydroxyl groups is 1. The molecule has 0 bridgehead atoms. The molecule has 0 aliphatic rings. The van der Waals surface area contributed by atoms with Gasteiger partial charge in [-0.05, 0) is 38.0 Å². The largest absolute Gasteiger partial charge is 0.497 e. The van der Waals surface area contributed by atoms with Crippen LogP contribution in [0.15, 0.2) is 24.3 Å². The monoisotopic (exact) mass is 294 g/mol. The summed E-state index contributed by atoms with van der Waals surface area (Å²) in [6.45, 7) is 3.39. The van der Waals surface area contributed by atoms with E-state index in [-0.39, 0.29) is 6.61 Å². The van der Waals surface area contributed by atoms with Gasteiger partial charge in [0.25, 0.3) is 0 Å². The van der Waals surface area contributed by atoms with E-state index in [0.717, 1.165) is 11.3 Å². The molecule has 0 radical (unpaired) electrons. The van der Waals surface area contributed by atoms with Gasteiger partial charge in [0.2, 0.25) is 0 Å². The lowest BCUT2D eigenvalue weighted by Crippen LogP contribution is -2.51. The van der Waals surface area contributed by atoms with Crippen LogP contribution in [0.25, 0.3) is 0 Å². The Morgan fingerprint density at radius 1 is 1.19 bits per heavy atom. The van der Waals surface area contributed by atoms with E-state index in [2.05, 4.69) is 10.6 Å². The van der Waals surface area contributed by atoms with Crippen molar-refractivity contribution in [2.75, 3.05) is 20.3 Å². The number of aliphatic hydroxyl groups excluding tert-OH is 1. The highest BCUT2D eigenvalue weighted by Crippen LogP contribution is 2.11. The minimum absolute atomic E-state index is 0.238. The van der Waals surface area contributed by atoms with E-state index in [1.54, 1.807) is 21.0 Å². The normalized spacial score (nSPS) is 10.9. The molecule has 0 aliphatic heterocycles. The fourth-order valence-corrected chi connectivity index (χ4v) is 1.60. The number of amides is 2. The van der Waals surface area contributed by atoms with Gasteiger partial charge < -0.3 is 20.5 Å². The van der Waals surface area contributed by atoms with Gasteiger partial charge in [-0.15, -0.1) is 0 Å². The summed E-state index contributed by atoms with van der Waals surface area (Å²) >= 11 is 0. The number of rotatable bonds is 6. The maximum Gasteiger partial charge on any atom is 0.309 e. The number of hydrogen-bond donors (Lipinski definition) is 3. The van der Waals surface area contributed by atoms with Crippen LogP contribution < -0.4 is 15.4 Å². The van der Waals surface area contributed by atoms with Crippen molar-refractivity contribution in [2.24, 2.45) is 0 Å². The summed E-state index contributed by atoms with van der Waals surface area (Å²) < 4.78 is 5.06. The molecule has 0 aromatic heterocycles. The molecule has 6 nitrogen and oxygen atoms in total. The van der Waals surface area contributed by atoms with Crippen LogP contribution >= 0.6 is 0 Å². The van der Waals surface area contributed by atoms with Crippen molar-refractivity contribution in [2.45, 2.75) is 25.8 Å². The molecule has 0 saturated carbocycles. The lowest BCUT2D eigenvalue weighted by Gasteiger charge is -2.22. The molecule has 1 rings (SSSR count). The summed E-state index contributed by atoms with van der Waals surface area (Å²) in [6.07, 6.45) is 0.617. The van der Waals surface area contributed by atoms with Crippen molar-refractivity contribution in [3.8, 4) is 5.75 Å². The average molecular weight is 294 g/mol. The quantitative estimate of drug-likeness (QED) is 0.656. The van der Waals surface area contributed by atoms with Crippen molar-refractivity contribution in [3.63, 3.8) is 0 Å². The van der Waals surface area contributed by atoms with Crippen LogP contribution in [-0.2, 0) is 16.0 Å². The highest BCUT2D eigenvalue weighted by Gasteiger charge is 2.23. The van der Waals surface area contributed by atoms with Crippen LogP contribution in [0, 0.1) is 0 Å². The SMILES string of the molecule is COc1ccc(CCNC(=O)C(=O)NC(C)(C)CO)cc1. The molecule has 116 valence electrons. The van der Waals surface area contributed by atoms with E-state index in [4.69, 9.17) is 9.84 Å². The summed E-state index contributed by atoms with van der Waals surface area (Å²) in [6, 6.07) is 7.49. The molecule has 1 aromatic rings. The molecule has 0 atom stereocenters. The van der Waals surface area contributed by atoms with Crippen LogP contribution in [0.2, 0.25) is 0 Å². The smallest absolute Gasteiger partial charge is 0.309 e. The van der Waals surface area contributed by atoms with E-state index >= 15 is 0 Å². The van der Waals surface area contributed by atoms with Crippen LogP contribution in [0.5, 0.6) is 5.75 Å². The predicted octanol–water partition coefficient (Wildman–Crippen LogP) is 0.241. The highest BCUT2D eigenvalue weighted by atomic mass is 16.5. The van der Waals surface area contributed by atoms with E-state index in [1.165, 1.54) is 0 Å². The average Bonchev–Trinajstić information content (AvgIpc) is 2.47. The topological polar surface area (TPSA) is 87.7 Å². The first-order valence-electron chi connectivity index (χ1n) is 6.72. The first-order chi connectivity index (χ1) is 9.88. The van der Waals surface area contributed by atoms with Crippen molar-refractivity contribution < 1.29 is 19.4 Å². The Bertz CT molecular complexity index is 483. The van der Waals surface area contributed by atoms with Crippen molar-refractivity contribution in [1.29, 1.82) is 0 Å². The molecule has 0 saturated heterocycles. The third-order valence-electron chi connectivity index (χ3n) is 2.91. The van der Waals surface area contributed by atoms with Crippen molar-refractivity contribution in [3.05, 3.63) is 29.8 Å². The molecule has 1 aromatic carbocycles. The molecular formula is C15H22N2O4. The first kappa shape index (κ1) is 17.0. The second-order valence-electron chi connectivity index (χ2n) is 5.35. The third-order valence-corrected chi connectivity index (χ3v) is 2.91. The van der Waals surface area contributed by atoms with E-state index < -0.39 is 17.4 Å². The van der Waals surface area contributed by atoms with Gasteiger partial charge in [-0.3, -0.25) is 9.59 Å². The van der Waals surface area contributed by atoms with Crippen LogP contribution in [-0.4, -0.2) is 42.7 Å². The Labute approximate surface area is 124 Å². The third kappa shape index (κ3) is 5.83. The zero-order valence-electron chi connectivity index (χ0n) is 12.6. The summed E-state index contributed by atoms with van der Waals surface area (Å²) in [5.41, 5.74) is 0.219. The number of carbonyl (C=O) groups is 2. The second-order valence-corrected chi connectivity index (χ2v) is 5.35. The van der Waals surface area contributed by atoms with Crippen molar-refractivity contribution in [1.82, 2.24) is 10.6 Å². The standard InChI is InChI=1S/C15H22N2O4/c1-15(2,10-18)17-14(20)13(19)16-9-8-11-4-6-12(21-3)7-5-11/h4-7,18H,8-10H2,1-3H3,(H,16,19)(H,17,20). The molecule has 0 heterocycles. The number of benzene rings is 1. The number of hydrogen-bond acceptors (Lipinski definition) is 4. The Morgan fingerprint density at radius 2 is 1.81 bits per heavy atom. The minimum Gasteiger partial charge on any atom is -0.497 e. The van der Waals surface area contributed by atoms with E-state index in [9.17, 15) is 9.59 Å². The lowest BCUT2D eigenvalue weighted by molar-refractivity contribution is -0.140. The fraction of sp³-hybridized carbons (Fsp3) is 0.467. The zero-order chi connectivity index (χ0) is 15.9. The van der Waals surface area contributed by atoms with E-state index in [1.807, 2.05) is 24.3 Å². The molecule has 0 unspecified atom stereocenters. The molecule has 0 fully saturated rings. The van der Waals surface area contributed by atoms with Gasteiger partial charge in [-0.2, -0.15) is 0 Å². The Morgan fingerprint density at radius 3 is 2.33 bits per heavy atom. The molecule has 21 heavy (non-hydrogen) atoms. The van der Waals surface area contributed by atoms with Gasteiger partial charge in [0.1, 0.15) is 5.75 Å². The van der Waals surface area contributed by atoms with Gasteiger partial charge in [-0.25, -0.2) is 0 Å². The maximum absolute atomic E-state index is 11.6. The maximum atomic E-state index is 11.6. The number of ether oxygens (including phenoxy) is 1. The molecule has 0 spiro atoms. The van der Waals surface area contributed by atoms with Crippen molar-refractivity contribution >= 4 is 11.8 Å². The lowest BCUT2D eigenvalue weighted by atomic mass is 10.1. The molecule has 6 heteroatoms. The Balaban J connectivity index is 2.37. The van der Waals surface area contributed by atoms with Crippen LogP contribution in [0.4, 0.5) is 0 Å². The van der Waals surface area contributed by atoms with Crippen LogP contribution in [0.3, 0.4) is 0 Å². The molecule has 2 amide bonds. The Kier molecular flexibility index (Phi) is 6.17. The van der Waals surface area contributed by atoms with Gasteiger partial charge in [-0.1, -0.05) is 12.1 Å². The Hall–Kier alpha value is -2.08. The van der Waals surface area contributed by atoms with Gasteiger partial charge >= 0.3 is 11.8 Å². The zero-order valence-corrected chi connectivity index (χ0v) is 12.6. The summed E-state index contributed by atoms with van der Waals surface area (Å²) in [5.74, 6) is -0.679. The van der Waals surface area contributed by atoms with Gasteiger partial charge in [0.05, 0.1) is 19.3 Å². The number of carbonyl (C=O) groups excluding carboxylic acids is 2. The number of nitrogens with one attached hydrogen (secondary N) is 2. The minimum atomic E-state index is -0.815. The molecule has 0 aliphatic carbocycles. The van der Waals surface area contributed by atoms with Gasteiger partial charge in [0, 0.05) is 6.54 Å². The fourth-order valence-electron chi connectivity index (χ4n) is 1.60. The highest BCUT2D eigenvalue weighted by molar-refractivity contribution is 6.35. The predicted molar refractivity (Wildman–Crippen MR) is 79.0 cm³/mol. The van der Waals surface area contributed by atoms with E-state index in [0.29, 0.717) is 13.0 Å².